The minimum Gasteiger partial charge on any atom is -0.394 e. The van der Waals surface area contributed by atoms with E-state index in [1.165, 1.54) is 12.1 Å². The number of anilines is 1. The van der Waals surface area contributed by atoms with Crippen LogP contribution in [0.5, 0.6) is 0 Å². The fourth-order valence-corrected chi connectivity index (χ4v) is 2.54. The van der Waals surface area contributed by atoms with Crippen molar-refractivity contribution in [3.63, 3.8) is 0 Å². The van der Waals surface area contributed by atoms with Crippen LogP contribution in [0.1, 0.15) is 24.9 Å². The molecule has 2 rings (SSSR count). The van der Waals surface area contributed by atoms with Crippen molar-refractivity contribution in [3.8, 4) is 0 Å². The van der Waals surface area contributed by atoms with Gasteiger partial charge >= 0.3 is 0 Å². The molecular formula is C14H17BrFN3O. The van der Waals surface area contributed by atoms with Crippen molar-refractivity contribution < 1.29 is 9.50 Å². The number of hydrogen-bond donors (Lipinski definition) is 2. The Hall–Kier alpha value is -1.40. The summed E-state index contributed by atoms with van der Waals surface area (Å²) in [6.45, 7) is 2.55. The van der Waals surface area contributed by atoms with Crippen LogP contribution in [0.3, 0.4) is 0 Å². The fraction of sp³-hybridized carbons (Fsp3) is 0.357. The smallest absolute Gasteiger partial charge is 0.124 e. The van der Waals surface area contributed by atoms with Gasteiger partial charge in [-0.3, -0.25) is 4.68 Å². The molecule has 0 aliphatic carbocycles. The zero-order chi connectivity index (χ0) is 14.5. The van der Waals surface area contributed by atoms with Crippen LogP contribution >= 0.6 is 15.9 Å². The average Bonchev–Trinajstić information content (AvgIpc) is 2.82. The van der Waals surface area contributed by atoms with E-state index in [9.17, 15) is 4.39 Å². The molecule has 0 saturated heterocycles. The first-order valence-corrected chi connectivity index (χ1v) is 7.27. The SMILES string of the molecule is CCC(Nc1cnn(CCO)c1)c1cc(F)cc(Br)c1. The number of aliphatic hydroxyl groups excluding tert-OH is 1. The molecule has 20 heavy (non-hydrogen) atoms. The van der Waals surface area contributed by atoms with Crippen LogP contribution in [0.15, 0.2) is 35.1 Å². The normalized spacial score (nSPS) is 12.4. The lowest BCUT2D eigenvalue weighted by atomic mass is 10.0. The molecule has 0 aliphatic heterocycles. The molecule has 6 heteroatoms. The van der Waals surface area contributed by atoms with Gasteiger partial charge in [-0.2, -0.15) is 5.10 Å². The van der Waals surface area contributed by atoms with Crippen molar-refractivity contribution >= 4 is 21.6 Å². The van der Waals surface area contributed by atoms with Gasteiger partial charge in [0.2, 0.25) is 0 Å². The molecule has 1 aromatic heterocycles. The third-order valence-electron chi connectivity index (χ3n) is 3.00. The van der Waals surface area contributed by atoms with E-state index in [4.69, 9.17) is 5.11 Å². The molecule has 0 aliphatic rings. The molecule has 0 radical (unpaired) electrons. The topological polar surface area (TPSA) is 50.1 Å². The van der Waals surface area contributed by atoms with Crippen LogP contribution in [0.2, 0.25) is 0 Å². The summed E-state index contributed by atoms with van der Waals surface area (Å²) < 4.78 is 15.9. The lowest BCUT2D eigenvalue weighted by Crippen LogP contribution is -2.09. The van der Waals surface area contributed by atoms with Crippen molar-refractivity contribution in [3.05, 3.63) is 46.4 Å². The van der Waals surface area contributed by atoms with Gasteiger partial charge in [-0.25, -0.2) is 4.39 Å². The molecule has 0 amide bonds. The number of nitrogens with one attached hydrogen (secondary N) is 1. The second-order valence-corrected chi connectivity index (χ2v) is 5.44. The number of hydrogen-bond acceptors (Lipinski definition) is 3. The Balaban J connectivity index is 2.15. The maximum atomic E-state index is 13.5. The minimum atomic E-state index is -0.259. The molecular weight excluding hydrogens is 325 g/mol. The Bertz CT molecular complexity index is 553. The Morgan fingerprint density at radius 3 is 2.90 bits per heavy atom. The maximum absolute atomic E-state index is 13.5. The highest BCUT2D eigenvalue weighted by Crippen LogP contribution is 2.25. The van der Waals surface area contributed by atoms with Crippen LogP contribution in [-0.2, 0) is 6.54 Å². The first-order valence-electron chi connectivity index (χ1n) is 6.48. The van der Waals surface area contributed by atoms with Crippen molar-refractivity contribution in [1.29, 1.82) is 0 Å². The summed E-state index contributed by atoms with van der Waals surface area (Å²) in [5.41, 5.74) is 1.74. The molecule has 1 aromatic carbocycles. The molecule has 0 fully saturated rings. The van der Waals surface area contributed by atoms with E-state index < -0.39 is 0 Å². The van der Waals surface area contributed by atoms with Gasteiger partial charge in [0.1, 0.15) is 5.82 Å². The molecule has 108 valence electrons. The molecule has 0 spiro atoms. The zero-order valence-electron chi connectivity index (χ0n) is 11.2. The van der Waals surface area contributed by atoms with E-state index in [2.05, 4.69) is 26.3 Å². The van der Waals surface area contributed by atoms with E-state index in [1.807, 2.05) is 19.2 Å². The van der Waals surface area contributed by atoms with Gasteiger partial charge in [0.15, 0.2) is 0 Å². The predicted octanol–water partition coefficient (Wildman–Crippen LogP) is 3.34. The first kappa shape index (κ1) is 15.0. The van der Waals surface area contributed by atoms with Crippen molar-refractivity contribution in [2.45, 2.75) is 25.9 Å². The van der Waals surface area contributed by atoms with Gasteiger partial charge in [-0.05, 0) is 30.2 Å². The van der Waals surface area contributed by atoms with Crippen LogP contribution < -0.4 is 5.32 Å². The number of aromatic nitrogens is 2. The largest absolute Gasteiger partial charge is 0.394 e. The second kappa shape index (κ2) is 6.85. The molecule has 4 nitrogen and oxygen atoms in total. The van der Waals surface area contributed by atoms with E-state index in [0.717, 1.165) is 22.1 Å². The molecule has 1 atom stereocenters. The van der Waals surface area contributed by atoms with Crippen molar-refractivity contribution in [2.75, 3.05) is 11.9 Å². The molecule has 2 N–H and O–H groups in total. The molecule has 0 saturated carbocycles. The van der Waals surface area contributed by atoms with Gasteiger partial charge in [-0.15, -0.1) is 0 Å². The summed E-state index contributed by atoms with van der Waals surface area (Å²) in [6.07, 6.45) is 4.35. The Morgan fingerprint density at radius 2 is 2.25 bits per heavy atom. The summed E-state index contributed by atoms with van der Waals surface area (Å²) in [5, 5.41) is 16.3. The van der Waals surface area contributed by atoms with E-state index >= 15 is 0 Å². The molecule has 1 unspecified atom stereocenters. The predicted molar refractivity (Wildman–Crippen MR) is 80.1 cm³/mol. The summed E-state index contributed by atoms with van der Waals surface area (Å²) in [7, 11) is 0. The maximum Gasteiger partial charge on any atom is 0.124 e. The number of aliphatic hydroxyl groups is 1. The first-order chi connectivity index (χ1) is 9.62. The third kappa shape index (κ3) is 3.80. The summed E-state index contributed by atoms with van der Waals surface area (Å²) >= 11 is 3.31. The fourth-order valence-electron chi connectivity index (χ4n) is 2.06. The number of rotatable bonds is 6. The van der Waals surface area contributed by atoms with Crippen LogP contribution in [0.25, 0.3) is 0 Å². The lowest BCUT2D eigenvalue weighted by Gasteiger charge is -2.18. The molecule has 0 bridgehead atoms. The zero-order valence-corrected chi connectivity index (χ0v) is 12.8. The second-order valence-electron chi connectivity index (χ2n) is 4.52. The number of nitrogens with zero attached hydrogens (tertiary/aromatic N) is 2. The lowest BCUT2D eigenvalue weighted by molar-refractivity contribution is 0.269. The van der Waals surface area contributed by atoms with Gasteiger partial charge < -0.3 is 10.4 Å². The van der Waals surface area contributed by atoms with Gasteiger partial charge in [0.25, 0.3) is 0 Å². The molecule has 2 aromatic rings. The Labute approximate surface area is 125 Å². The summed E-state index contributed by atoms with van der Waals surface area (Å²) in [6, 6.07) is 4.89. The number of halogens is 2. The van der Waals surface area contributed by atoms with Crippen molar-refractivity contribution in [1.82, 2.24) is 9.78 Å². The highest BCUT2D eigenvalue weighted by molar-refractivity contribution is 9.10. The third-order valence-corrected chi connectivity index (χ3v) is 3.46. The quantitative estimate of drug-likeness (QED) is 0.847. The Kier molecular flexibility index (Phi) is 5.14. The average molecular weight is 342 g/mol. The molecule has 1 heterocycles. The van der Waals surface area contributed by atoms with Gasteiger partial charge in [0.05, 0.1) is 31.1 Å². The summed E-state index contributed by atoms with van der Waals surface area (Å²) in [5.74, 6) is -0.259. The monoisotopic (exact) mass is 341 g/mol. The Morgan fingerprint density at radius 1 is 1.45 bits per heavy atom. The van der Waals surface area contributed by atoms with Gasteiger partial charge in [-0.1, -0.05) is 22.9 Å². The van der Waals surface area contributed by atoms with E-state index in [-0.39, 0.29) is 18.5 Å². The van der Waals surface area contributed by atoms with Gasteiger partial charge in [0, 0.05) is 10.7 Å². The van der Waals surface area contributed by atoms with E-state index in [0.29, 0.717) is 6.54 Å². The van der Waals surface area contributed by atoms with Crippen LogP contribution in [0.4, 0.5) is 10.1 Å². The highest BCUT2D eigenvalue weighted by Gasteiger charge is 2.12. The minimum absolute atomic E-state index is 0.00813. The number of benzene rings is 1. The standard InChI is InChI=1S/C14H17BrFN3O/c1-2-14(10-5-11(15)7-12(16)6-10)18-13-8-17-19(9-13)3-4-20/h5-9,14,18,20H,2-4H2,1H3. The summed E-state index contributed by atoms with van der Waals surface area (Å²) in [4.78, 5) is 0. The van der Waals surface area contributed by atoms with Crippen LogP contribution in [0, 0.1) is 5.82 Å². The van der Waals surface area contributed by atoms with Crippen molar-refractivity contribution in [2.24, 2.45) is 0 Å². The van der Waals surface area contributed by atoms with Crippen LogP contribution in [-0.4, -0.2) is 21.5 Å². The van der Waals surface area contributed by atoms with E-state index in [1.54, 1.807) is 10.9 Å². The highest BCUT2D eigenvalue weighted by atomic mass is 79.9.